The predicted molar refractivity (Wildman–Crippen MR) is 205 cm³/mol. The zero-order chi connectivity index (χ0) is 38.7. The van der Waals surface area contributed by atoms with E-state index in [4.69, 9.17) is 51.6 Å². The van der Waals surface area contributed by atoms with Crippen LogP contribution in [-0.2, 0) is 19.1 Å². The molecule has 4 aromatic rings. The molecule has 0 atom stereocenters. The molecule has 4 rings (SSSR count). The Kier molecular flexibility index (Phi) is 16.3. The maximum Gasteiger partial charge on any atom is 0.343 e. The van der Waals surface area contributed by atoms with Gasteiger partial charge in [0.1, 0.15) is 17.2 Å². The van der Waals surface area contributed by atoms with E-state index < -0.39 is 23.9 Å². The van der Waals surface area contributed by atoms with Crippen LogP contribution in [0.1, 0.15) is 52.0 Å². The van der Waals surface area contributed by atoms with E-state index in [0.29, 0.717) is 79.6 Å². The van der Waals surface area contributed by atoms with Crippen LogP contribution in [0.15, 0.2) is 115 Å². The molecule has 0 aliphatic rings. The van der Waals surface area contributed by atoms with E-state index in [-0.39, 0.29) is 28.0 Å². The number of carbonyl (C=O) groups excluding carboxylic acids is 4. The molecule has 0 saturated heterocycles. The van der Waals surface area contributed by atoms with Crippen molar-refractivity contribution in [3.05, 3.63) is 137 Å². The zero-order valence-electron chi connectivity index (χ0n) is 29.2. The van der Waals surface area contributed by atoms with Crippen molar-refractivity contribution in [3.8, 4) is 23.0 Å². The Morgan fingerprint density at radius 3 is 1.54 bits per heavy atom. The number of esters is 4. The Morgan fingerprint density at radius 1 is 0.574 bits per heavy atom. The van der Waals surface area contributed by atoms with Gasteiger partial charge in [0.25, 0.3) is 0 Å². The highest BCUT2D eigenvalue weighted by Gasteiger charge is 2.15. The average molecular weight is 775 g/mol. The molecule has 13 heteroatoms. The Balaban J connectivity index is 1.22. The number of halogens is 2. The summed E-state index contributed by atoms with van der Waals surface area (Å²) in [5.74, 6) is -0.516. The fourth-order valence-electron chi connectivity index (χ4n) is 4.41. The molecule has 0 fully saturated rings. The van der Waals surface area contributed by atoms with Crippen LogP contribution in [0.3, 0.4) is 0 Å². The molecular weight excluding hydrogens is 737 g/mol. The van der Waals surface area contributed by atoms with Gasteiger partial charge in [-0.1, -0.05) is 36.4 Å². The highest BCUT2D eigenvalue weighted by atomic mass is 35.5. The van der Waals surface area contributed by atoms with Crippen LogP contribution in [0.5, 0.6) is 23.0 Å². The van der Waals surface area contributed by atoms with Crippen LogP contribution in [0.25, 0.3) is 0 Å². The highest BCUT2D eigenvalue weighted by molar-refractivity contribution is 6.36. The van der Waals surface area contributed by atoms with Gasteiger partial charge in [0, 0.05) is 24.4 Å². The summed E-state index contributed by atoms with van der Waals surface area (Å²) in [4.78, 5) is 51.9. The molecule has 0 aliphatic carbocycles. The normalized spacial score (nSPS) is 10.6. The Labute approximate surface area is 322 Å². The minimum atomic E-state index is -0.638. The van der Waals surface area contributed by atoms with Crippen molar-refractivity contribution >= 4 is 59.0 Å². The standard InChI is InChI=1S/C41H37Cl2NO10/c1-3-38(45)51-23-7-5-21-49-31-17-11-29(12-18-31)40(47)53-33-15-9-28(10-16-33)27-44-36-25-35(43)37(26-34(36)42)54-41(48)30-13-19-32(20-14-30)50-22-6-8-24-52-39(46)4-2/h3-4,9-20,25-27H,1-2,5-8,21-24H2/b44-27+. The second kappa shape index (κ2) is 21.6. The SMILES string of the molecule is C=CC(=O)OCCCCOc1ccc(C(=O)Oc2ccc(/C=N/c3cc(Cl)c(OC(=O)c4ccc(OCCCCOC(=O)C=C)cc4)cc3Cl)cc2)cc1. The van der Waals surface area contributed by atoms with Gasteiger partial charge in [-0.15, -0.1) is 0 Å². The van der Waals surface area contributed by atoms with E-state index in [1.54, 1.807) is 79.0 Å². The van der Waals surface area contributed by atoms with Crippen LogP contribution < -0.4 is 18.9 Å². The molecule has 0 spiro atoms. The number of nitrogens with zero attached hydrogens (tertiary/aromatic N) is 1. The number of aliphatic imine (C=N–C) groups is 1. The second-order valence-electron chi connectivity index (χ2n) is 11.2. The van der Waals surface area contributed by atoms with Gasteiger partial charge in [-0.2, -0.15) is 0 Å². The second-order valence-corrected chi connectivity index (χ2v) is 12.1. The first kappa shape index (κ1) is 40.9. The van der Waals surface area contributed by atoms with Crippen molar-refractivity contribution in [2.75, 3.05) is 26.4 Å². The van der Waals surface area contributed by atoms with Gasteiger partial charge in [-0.05, 0) is 110 Å². The van der Waals surface area contributed by atoms with Gasteiger partial charge in [-0.3, -0.25) is 4.99 Å². The topological polar surface area (TPSA) is 136 Å². The lowest BCUT2D eigenvalue weighted by Crippen LogP contribution is -2.09. The predicted octanol–water partition coefficient (Wildman–Crippen LogP) is 8.96. The number of rotatable bonds is 20. The zero-order valence-corrected chi connectivity index (χ0v) is 30.7. The van der Waals surface area contributed by atoms with Crippen LogP contribution in [0.2, 0.25) is 10.0 Å². The van der Waals surface area contributed by atoms with E-state index >= 15 is 0 Å². The molecule has 0 amide bonds. The lowest BCUT2D eigenvalue weighted by atomic mass is 10.2. The summed E-state index contributed by atoms with van der Waals surface area (Å²) < 4.78 is 32.1. The molecular formula is C41H37Cl2NO10. The first-order valence-corrected chi connectivity index (χ1v) is 17.5. The smallest absolute Gasteiger partial charge is 0.343 e. The van der Waals surface area contributed by atoms with Crippen LogP contribution in [-0.4, -0.2) is 56.5 Å². The number of benzene rings is 4. The van der Waals surface area contributed by atoms with Crippen molar-refractivity contribution in [2.45, 2.75) is 25.7 Å². The minimum absolute atomic E-state index is 0.0668. The molecule has 0 heterocycles. The summed E-state index contributed by atoms with van der Waals surface area (Å²) in [6.45, 7) is 8.11. The van der Waals surface area contributed by atoms with Crippen LogP contribution in [0.4, 0.5) is 5.69 Å². The van der Waals surface area contributed by atoms with Gasteiger partial charge in [-0.25, -0.2) is 19.2 Å². The molecule has 54 heavy (non-hydrogen) atoms. The highest BCUT2D eigenvalue weighted by Crippen LogP contribution is 2.36. The molecule has 0 unspecified atom stereocenters. The van der Waals surface area contributed by atoms with Crippen molar-refractivity contribution in [1.29, 1.82) is 0 Å². The Morgan fingerprint density at radius 2 is 1.04 bits per heavy atom. The maximum atomic E-state index is 12.8. The molecule has 0 saturated carbocycles. The largest absolute Gasteiger partial charge is 0.494 e. The quantitative estimate of drug-likeness (QED) is 0.0281. The third kappa shape index (κ3) is 13.6. The molecule has 4 aromatic carbocycles. The van der Waals surface area contributed by atoms with Gasteiger partial charge >= 0.3 is 23.9 Å². The molecule has 0 radical (unpaired) electrons. The van der Waals surface area contributed by atoms with Gasteiger partial charge in [0.2, 0.25) is 0 Å². The fraction of sp³-hybridized carbons (Fsp3) is 0.195. The van der Waals surface area contributed by atoms with Crippen molar-refractivity contribution in [3.63, 3.8) is 0 Å². The molecule has 0 N–H and O–H groups in total. The summed E-state index contributed by atoms with van der Waals surface area (Å²) in [5.41, 5.74) is 1.67. The minimum Gasteiger partial charge on any atom is -0.494 e. The third-order valence-electron chi connectivity index (χ3n) is 7.26. The maximum absolute atomic E-state index is 12.8. The van der Waals surface area contributed by atoms with Crippen LogP contribution in [0, 0.1) is 0 Å². The lowest BCUT2D eigenvalue weighted by molar-refractivity contribution is -0.138. The van der Waals surface area contributed by atoms with E-state index in [2.05, 4.69) is 18.2 Å². The summed E-state index contributed by atoms with van der Waals surface area (Å²) >= 11 is 12.8. The third-order valence-corrected chi connectivity index (χ3v) is 7.86. The number of carbonyl (C=O) groups is 4. The van der Waals surface area contributed by atoms with E-state index in [1.807, 2.05) is 0 Å². The summed E-state index contributed by atoms with van der Waals surface area (Å²) in [6, 6.07) is 22.6. The van der Waals surface area contributed by atoms with Crippen molar-refractivity contribution < 1.29 is 47.6 Å². The molecule has 0 aromatic heterocycles. The van der Waals surface area contributed by atoms with E-state index in [1.165, 1.54) is 12.1 Å². The first-order chi connectivity index (χ1) is 26.1. The Bertz CT molecular complexity index is 1940. The summed E-state index contributed by atoms with van der Waals surface area (Å²) in [7, 11) is 0. The van der Waals surface area contributed by atoms with Crippen molar-refractivity contribution in [2.24, 2.45) is 4.99 Å². The first-order valence-electron chi connectivity index (χ1n) is 16.8. The summed E-state index contributed by atoms with van der Waals surface area (Å²) in [6.07, 6.45) is 6.45. The average Bonchev–Trinajstić information content (AvgIpc) is 3.18. The number of ether oxygens (including phenoxy) is 6. The van der Waals surface area contributed by atoms with Gasteiger partial charge < -0.3 is 28.4 Å². The number of unbranched alkanes of at least 4 members (excludes halogenated alkanes) is 2. The lowest BCUT2D eigenvalue weighted by Gasteiger charge is -2.10. The number of hydrogen-bond donors (Lipinski definition) is 0. The monoisotopic (exact) mass is 773 g/mol. The fourth-order valence-corrected chi connectivity index (χ4v) is 4.81. The van der Waals surface area contributed by atoms with E-state index in [9.17, 15) is 19.2 Å². The Hall–Kier alpha value is -5.91. The summed E-state index contributed by atoms with van der Waals surface area (Å²) in [5, 5.41) is 0.333. The van der Waals surface area contributed by atoms with Crippen LogP contribution >= 0.6 is 23.2 Å². The molecule has 11 nitrogen and oxygen atoms in total. The van der Waals surface area contributed by atoms with Gasteiger partial charge in [0.15, 0.2) is 5.75 Å². The van der Waals surface area contributed by atoms with Crippen molar-refractivity contribution in [1.82, 2.24) is 0 Å². The van der Waals surface area contributed by atoms with E-state index in [0.717, 1.165) is 12.2 Å². The molecule has 0 bridgehead atoms. The van der Waals surface area contributed by atoms with Gasteiger partial charge in [0.05, 0.1) is 53.3 Å². The number of hydrogen-bond acceptors (Lipinski definition) is 11. The molecule has 0 aliphatic heterocycles. The molecule has 280 valence electrons.